The maximum atomic E-state index is 13.1. The van der Waals surface area contributed by atoms with Crippen LogP contribution in [0.25, 0.3) is 0 Å². The Labute approximate surface area is 586 Å². The van der Waals surface area contributed by atoms with Crippen LogP contribution in [0.4, 0.5) is 0 Å². The minimum absolute atomic E-state index is 0.102. The van der Waals surface area contributed by atoms with Crippen LogP contribution in [0, 0.1) is 5.92 Å². The number of rotatable bonds is 75. The fourth-order valence-corrected chi connectivity index (χ4v) is 12.9. The molecular weight excluding hydrogens is 1260 g/mol. The molecule has 0 aliphatic heterocycles. The van der Waals surface area contributed by atoms with Gasteiger partial charge in [-0.3, -0.25) is 37.3 Å². The highest BCUT2D eigenvalue weighted by molar-refractivity contribution is 7.47. The summed E-state index contributed by atoms with van der Waals surface area (Å²) in [6.45, 7) is 7.18. The Morgan fingerprint density at radius 1 is 0.323 bits per heavy atom. The van der Waals surface area contributed by atoms with Gasteiger partial charge in [0.25, 0.3) is 0 Å². The molecule has 19 heteroatoms. The van der Waals surface area contributed by atoms with Crippen molar-refractivity contribution in [2.24, 2.45) is 5.92 Å². The lowest BCUT2D eigenvalue weighted by atomic mass is 10.0. The second kappa shape index (κ2) is 69.6. The topological polar surface area (TPSA) is 237 Å². The first kappa shape index (κ1) is 93.5. The molecular formula is C77H146O17P2. The van der Waals surface area contributed by atoms with Gasteiger partial charge in [0.2, 0.25) is 0 Å². The van der Waals surface area contributed by atoms with E-state index in [-0.39, 0.29) is 25.7 Å². The van der Waals surface area contributed by atoms with E-state index >= 15 is 0 Å². The Hall–Kier alpha value is -2.46. The Morgan fingerprint density at radius 2 is 0.562 bits per heavy atom. The van der Waals surface area contributed by atoms with Crippen LogP contribution in [0.1, 0.15) is 381 Å². The molecule has 0 aromatic rings. The van der Waals surface area contributed by atoms with E-state index in [0.717, 1.165) is 116 Å². The summed E-state index contributed by atoms with van der Waals surface area (Å²) in [4.78, 5) is 72.8. The molecule has 0 bridgehead atoms. The summed E-state index contributed by atoms with van der Waals surface area (Å²) >= 11 is 0. The Kier molecular flexibility index (Phi) is 67.8. The number of carbonyl (C=O) groups is 4. The minimum Gasteiger partial charge on any atom is -0.462 e. The van der Waals surface area contributed by atoms with Crippen LogP contribution < -0.4 is 0 Å². The number of hydrogen-bond donors (Lipinski definition) is 3. The van der Waals surface area contributed by atoms with Crippen LogP contribution in [0.5, 0.6) is 0 Å². The minimum atomic E-state index is -4.96. The maximum absolute atomic E-state index is 13.1. The first-order valence-electron chi connectivity index (χ1n) is 39.5. The molecule has 0 aliphatic carbocycles. The molecule has 0 rings (SSSR count). The molecule has 0 fully saturated rings. The highest BCUT2D eigenvalue weighted by atomic mass is 31.2. The summed E-state index contributed by atoms with van der Waals surface area (Å²) in [6, 6.07) is 0. The van der Waals surface area contributed by atoms with E-state index in [4.69, 9.17) is 37.0 Å². The summed E-state index contributed by atoms with van der Waals surface area (Å²) in [6.07, 6.45) is 61.8. The third kappa shape index (κ3) is 70.0. The van der Waals surface area contributed by atoms with Gasteiger partial charge in [-0.1, -0.05) is 329 Å². The van der Waals surface area contributed by atoms with Crippen molar-refractivity contribution in [3.05, 3.63) is 24.3 Å². The summed E-state index contributed by atoms with van der Waals surface area (Å²) in [5.74, 6) is -1.44. The largest absolute Gasteiger partial charge is 0.472 e. The molecule has 0 aromatic carbocycles. The molecule has 2 unspecified atom stereocenters. The number of aliphatic hydroxyl groups excluding tert-OH is 1. The quantitative estimate of drug-likeness (QED) is 0.0169. The van der Waals surface area contributed by atoms with Crippen LogP contribution in [-0.2, 0) is 65.4 Å². The van der Waals surface area contributed by atoms with E-state index < -0.39 is 97.5 Å². The van der Waals surface area contributed by atoms with Gasteiger partial charge < -0.3 is 33.8 Å². The number of hydrogen-bond acceptors (Lipinski definition) is 15. The summed E-state index contributed by atoms with van der Waals surface area (Å²) < 4.78 is 68.5. The molecule has 5 atom stereocenters. The van der Waals surface area contributed by atoms with Crippen LogP contribution in [-0.4, -0.2) is 96.7 Å². The lowest BCUT2D eigenvalue weighted by Crippen LogP contribution is -2.30. The number of esters is 4. The lowest BCUT2D eigenvalue weighted by Gasteiger charge is -2.21. The van der Waals surface area contributed by atoms with Crippen LogP contribution >= 0.6 is 15.6 Å². The first-order chi connectivity index (χ1) is 46.5. The van der Waals surface area contributed by atoms with E-state index in [0.29, 0.717) is 31.6 Å². The van der Waals surface area contributed by atoms with Gasteiger partial charge in [-0.15, -0.1) is 0 Å². The standard InChI is InChI=1S/C77H146O17P2/c1-6-9-12-15-18-21-24-27-30-33-36-39-42-47-53-58-63-76(81)93-72(66-87-74(79)60-55-50-45-40-37-34-31-28-25-22-19-16-13-10-7-2)68-91-95(83,84)89-64-71(78)65-90-96(85,86)92-69-73(67-88-75(80)61-56-51-48-43-44-49-54-59-70(4)5)94-77(82)62-57-52-46-41-38-35-32-29-26-23-20-17-14-11-8-3/h22,25,28,31,70-73,78H,6-21,23-24,26-27,29-30,32-69H2,1-5H3,(H,83,84)(H,85,86)/b25-22-,31-28-/t71-,72-,73-/m1/s1. The van der Waals surface area contributed by atoms with Crippen molar-refractivity contribution in [1.82, 2.24) is 0 Å². The number of carbonyl (C=O) groups excluding carboxylic acids is 4. The van der Waals surface area contributed by atoms with Gasteiger partial charge in [0.15, 0.2) is 12.2 Å². The second-order valence-electron chi connectivity index (χ2n) is 27.5. The lowest BCUT2D eigenvalue weighted by molar-refractivity contribution is -0.161. The van der Waals surface area contributed by atoms with Crippen LogP contribution in [0.2, 0.25) is 0 Å². The van der Waals surface area contributed by atoms with Crippen molar-refractivity contribution in [2.75, 3.05) is 39.6 Å². The zero-order chi connectivity index (χ0) is 70.5. The number of ether oxygens (including phenoxy) is 4. The number of aliphatic hydroxyl groups is 1. The van der Waals surface area contributed by atoms with Crippen molar-refractivity contribution in [3.8, 4) is 0 Å². The van der Waals surface area contributed by atoms with E-state index in [2.05, 4.69) is 58.9 Å². The number of unbranched alkanes of at least 4 members (excludes halogenated alkanes) is 44. The van der Waals surface area contributed by atoms with Gasteiger partial charge in [-0.05, 0) is 57.3 Å². The van der Waals surface area contributed by atoms with Crippen LogP contribution in [0.3, 0.4) is 0 Å². The predicted molar refractivity (Wildman–Crippen MR) is 391 cm³/mol. The Morgan fingerprint density at radius 3 is 0.854 bits per heavy atom. The average Bonchev–Trinajstić information content (AvgIpc) is 1.61. The smallest absolute Gasteiger partial charge is 0.462 e. The van der Waals surface area contributed by atoms with Crippen molar-refractivity contribution in [3.63, 3.8) is 0 Å². The predicted octanol–water partition coefficient (Wildman–Crippen LogP) is 22.4. The highest BCUT2D eigenvalue weighted by Crippen LogP contribution is 2.45. The molecule has 566 valence electrons. The number of phosphoric acid groups is 2. The summed E-state index contributed by atoms with van der Waals surface area (Å²) in [5.41, 5.74) is 0. The average molecular weight is 1410 g/mol. The fraction of sp³-hybridized carbons (Fsp3) is 0.896. The maximum Gasteiger partial charge on any atom is 0.472 e. The van der Waals surface area contributed by atoms with E-state index in [1.165, 1.54) is 180 Å². The third-order valence-electron chi connectivity index (χ3n) is 17.4. The first-order valence-corrected chi connectivity index (χ1v) is 42.4. The SMILES string of the molecule is CCCCCC/C=C\C=C/CCCCCCCC(=O)OC[C@H](COP(=O)(O)OC[C@@H](O)COP(=O)(O)OC[C@@H](COC(=O)CCCCCCCCCC(C)C)OC(=O)CCCCCCCCCCCCCCCCC)OC(=O)CCCCCCCCCCCCCCCCCC. The van der Waals surface area contributed by atoms with Crippen molar-refractivity contribution in [1.29, 1.82) is 0 Å². The van der Waals surface area contributed by atoms with Crippen molar-refractivity contribution in [2.45, 2.75) is 400 Å². The van der Waals surface area contributed by atoms with Gasteiger partial charge in [-0.25, -0.2) is 9.13 Å². The molecule has 0 radical (unpaired) electrons. The normalized spacial score (nSPS) is 14.1. The van der Waals surface area contributed by atoms with Crippen molar-refractivity contribution < 1.29 is 80.2 Å². The van der Waals surface area contributed by atoms with Crippen molar-refractivity contribution >= 4 is 39.5 Å². The van der Waals surface area contributed by atoms with E-state index in [1.807, 2.05) is 0 Å². The van der Waals surface area contributed by atoms with Gasteiger partial charge in [-0.2, -0.15) is 0 Å². The molecule has 0 heterocycles. The molecule has 0 amide bonds. The van der Waals surface area contributed by atoms with Gasteiger partial charge in [0.05, 0.1) is 26.4 Å². The fourth-order valence-electron chi connectivity index (χ4n) is 11.3. The molecule has 0 aromatic heterocycles. The third-order valence-corrected chi connectivity index (χ3v) is 19.3. The molecule has 3 N–H and O–H groups in total. The summed E-state index contributed by atoms with van der Waals surface area (Å²) in [7, 11) is -9.92. The Bertz CT molecular complexity index is 1930. The van der Waals surface area contributed by atoms with Gasteiger partial charge in [0, 0.05) is 25.7 Å². The number of allylic oxidation sites excluding steroid dienone is 4. The molecule has 0 aliphatic rings. The van der Waals surface area contributed by atoms with Gasteiger partial charge in [0.1, 0.15) is 19.3 Å². The Balaban J connectivity index is 5.28. The zero-order valence-corrected chi connectivity index (χ0v) is 63.8. The molecule has 0 spiro atoms. The number of phosphoric ester groups is 2. The van der Waals surface area contributed by atoms with E-state index in [9.17, 15) is 43.2 Å². The monoisotopic (exact) mass is 1410 g/mol. The zero-order valence-electron chi connectivity index (χ0n) is 62.0. The molecule has 0 saturated heterocycles. The van der Waals surface area contributed by atoms with Crippen LogP contribution in [0.15, 0.2) is 24.3 Å². The molecule has 0 saturated carbocycles. The summed E-state index contributed by atoms with van der Waals surface area (Å²) in [5, 5.41) is 10.6. The molecule has 17 nitrogen and oxygen atoms in total. The van der Waals surface area contributed by atoms with Gasteiger partial charge >= 0.3 is 39.5 Å². The molecule has 96 heavy (non-hydrogen) atoms. The highest BCUT2D eigenvalue weighted by Gasteiger charge is 2.30. The second-order valence-corrected chi connectivity index (χ2v) is 30.4. The van der Waals surface area contributed by atoms with E-state index in [1.54, 1.807) is 0 Å².